The highest BCUT2D eigenvalue weighted by Crippen LogP contribution is 2.25. The van der Waals surface area contributed by atoms with Crippen LogP contribution in [0.4, 0.5) is 0 Å². The van der Waals surface area contributed by atoms with E-state index >= 15 is 0 Å². The zero-order chi connectivity index (χ0) is 17.8. The van der Waals surface area contributed by atoms with E-state index in [1.54, 1.807) is 0 Å². The molecule has 1 unspecified atom stereocenters. The molecular weight excluding hydrogens is 328 g/mol. The van der Waals surface area contributed by atoms with Crippen LogP contribution < -0.4 is 0 Å². The number of hydrogen-bond acceptors (Lipinski definition) is 4. The minimum atomic E-state index is 0.200. The number of ether oxygens (including phenoxy) is 2. The van der Waals surface area contributed by atoms with Crippen molar-refractivity contribution in [3.05, 3.63) is 35.4 Å². The van der Waals surface area contributed by atoms with E-state index in [0.717, 1.165) is 78.2 Å². The van der Waals surface area contributed by atoms with E-state index in [1.165, 1.54) is 11.1 Å². The van der Waals surface area contributed by atoms with Crippen molar-refractivity contribution in [1.29, 1.82) is 0 Å². The summed E-state index contributed by atoms with van der Waals surface area (Å²) in [7, 11) is 0. The summed E-state index contributed by atoms with van der Waals surface area (Å²) in [5.74, 6) is 0.564. The van der Waals surface area contributed by atoms with Crippen LogP contribution >= 0.6 is 0 Å². The number of piperidine rings is 1. The summed E-state index contributed by atoms with van der Waals surface area (Å²) >= 11 is 0. The lowest BCUT2D eigenvalue weighted by Gasteiger charge is -2.36. The molecule has 3 aliphatic heterocycles. The third kappa shape index (κ3) is 4.27. The lowest BCUT2D eigenvalue weighted by molar-refractivity contribution is -0.138. The Hall–Kier alpha value is -1.43. The van der Waals surface area contributed by atoms with Crippen LogP contribution in [-0.4, -0.2) is 67.8 Å². The van der Waals surface area contributed by atoms with Crippen molar-refractivity contribution >= 4 is 5.91 Å². The molecule has 26 heavy (non-hydrogen) atoms. The van der Waals surface area contributed by atoms with E-state index < -0.39 is 0 Å². The predicted molar refractivity (Wildman–Crippen MR) is 99.9 cm³/mol. The molecule has 0 spiro atoms. The van der Waals surface area contributed by atoms with Crippen molar-refractivity contribution in [3.8, 4) is 0 Å². The van der Waals surface area contributed by atoms with Gasteiger partial charge in [-0.15, -0.1) is 0 Å². The van der Waals surface area contributed by atoms with Crippen LogP contribution in [0.15, 0.2) is 24.3 Å². The number of nitrogens with zero attached hydrogens (tertiary/aromatic N) is 2. The molecule has 1 aromatic carbocycles. The number of benzene rings is 1. The lowest BCUT2D eigenvalue weighted by atomic mass is 9.93. The number of amides is 1. The second-order valence-corrected chi connectivity index (χ2v) is 7.75. The van der Waals surface area contributed by atoms with Crippen LogP contribution in [0.3, 0.4) is 0 Å². The Kier molecular flexibility index (Phi) is 5.88. The average molecular weight is 358 g/mol. The van der Waals surface area contributed by atoms with E-state index in [4.69, 9.17) is 9.47 Å². The summed E-state index contributed by atoms with van der Waals surface area (Å²) in [6.45, 7) is 6.93. The fraction of sp³-hybridized carbons (Fsp3) is 0.667. The molecule has 1 aromatic rings. The minimum Gasteiger partial charge on any atom is -0.376 e. The van der Waals surface area contributed by atoms with Gasteiger partial charge >= 0.3 is 0 Å². The molecule has 0 bridgehead atoms. The molecule has 4 rings (SSSR count). The first-order valence-corrected chi connectivity index (χ1v) is 10.1. The van der Waals surface area contributed by atoms with Crippen molar-refractivity contribution in [2.24, 2.45) is 5.92 Å². The number of carbonyl (C=O) groups excluding carboxylic acids is 1. The molecule has 5 nitrogen and oxygen atoms in total. The summed E-state index contributed by atoms with van der Waals surface area (Å²) < 4.78 is 11.2. The van der Waals surface area contributed by atoms with Gasteiger partial charge in [-0.25, -0.2) is 0 Å². The monoisotopic (exact) mass is 358 g/mol. The van der Waals surface area contributed by atoms with Gasteiger partial charge in [0.1, 0.15) is 0 Å². The summed E-state index contributed by atoms with van der Waals surface area (Å²) in [6.07, 6.45) is 4.24. The molecule has 0 N–H and O–H groups in total. The Bertz CT molecular complexity index is 607. The number of carbonyl (C=O) groups is 1. The Labute approximate surface area is 156 Å². The second kappa shape index (κ2) is 8.51. The zero-order valence-corrected chi connectivity index (χ0v) is 15.6. The maximum atomic E-state index is 12.9. The highest BCUT2D eigenvalue weighted by molar-refractivity contribution is 5.79. The van der Waals surface area contributed by atoms with Crippen LogP contribution in [0.5, 0.6) is 0 Å². The first kappa shape index (κ1) is 18.0. The van der Waals surface area contributed by atoms with E-state index in [-0.39, 0.29) is 12.0 Å². The Morgan fingerprint density at radius 2 is 1.88 bits per heavy atom. The Morgan fingerprint density at radius 1 is 1.08 bits per heavy atom. The van der Waals surface area contributed by atoms with Gasteiger partial charge in [0, 0.05) is 25.6 Å². The molecule has 0 radical (unpaired) electrons. The van der Waals surface area contributed by atoms with Crippen molar-refractivity contribution in [2.75, 3.05) is 46.0 Å². The molecular formula is C21H30N2O3. The third-order valence-electron chi connectivity index (χ3n) is 6.03. The van der Waals surface area contributed by atoms with Crippen molar-refractivity contribution in [3.63, 3.8) is 0 Å². The second-order valence-electron chi connectivity index (χ2n) is 7.75. The highest BCUT2D eigenvalue weighted by Gasteiger charge is 2.30. The quantitative estimate of drug-likeness (QED) is 0.827. The summed E-state index contributed by atoms with van der Waals surface area (Å²) in [4.78, 5) is 17.5. The van der Waals surface area contributed by atoms with Crippen molar-refractivity contribution in [1.82, 2.24) is 9.80 Å². The van der Waals surface area contributed by atoms with Gasteiger partial charge in [-0.3, -0.25) is 4.79 Å². The number of hydrogen-bond donors (Lipinski definition) is 0. The molecule has 2 fully saturated rings. The van der Waals surface area contributed by atoms with Gasteiger partial charge in [-0.1, -0.05) is 24.3 Å². The van der Waals surface area contributed by atoms with Gasteiger partial charge in [0.15, 0.2) is 0 Å². The van der Waals surface area contributed by atoms with Gasteiger partial charge in [-0.05, 0) is 49.9 Å². The molecule has 3 heterocycles. The first-order valence-electron chi connectivity index (χ1n) is 10.1. The van der Waals surface area contributed by atoms with Crippen molar-refractivity contribution in [2.45, 2.75) is 38.3 Å². The van der Waals surface area contributed by atoms with Crippen molar-refractivity contribution < 1.29 is 14.3 Å². The molecule has 1 atom stereocenters. The molecule has 0 aliphatic carbocycles. The third-order valence-corrected chi connectivity index (χ3v) is 6.03. The standard InChI is InChI=1S/C21H30N2O3/c24-21(23-12-7-17-3-1-2-4-19(17)15-23)18-5-9-22(10-6-18)11-8-20-16-25-13-14-26-20/h1-4,18,20H,5-16H2. The van der Waals surface area contributed by atoms with Gasteiger partial charge in [-0.2, -0.15) is 0 Å². The van der Waals surface area contributed by atoms with Gasteiger partial charge < -0.3 is 19.3 Å². The highest BCUT2D eigenvalue weighted by atomic mass is 16.6. The summed E-state index contributed by atoms with van der Waals surface area (Å²) in [5.41, 5.74) is 2.72. The molecule has 2 saturated heterocycles. The molecule has 142 valence electrons. The lowest BCUT2D eigenvalue weighted by Crippen LogP contribution is -2.45. The fourth-order valence-electron chi connectivity index (χ4n) is 4.38. The SMILES string of the molecule is O=C(C1CCN(CCC2COCCO2)CC1)N1CCc2ccccc2C1. The maximum absolute atomic E-state index is 12.9. The van der Waals surface area contributed by atoms with Gasteiger partial charge in [0.25, 0.3) is 0 Å². The minimum absolute atomic E-state index is 0.200. The summed E-state index contributed by atoms with van der Waals surface area (Å²) in [6, 6.07) is 8.52. The average Bonchev–Trinajstić information content (AvgIpc) is 2.72. The Balaban J connectivity index is 1.22. The smallest absolute Gasteiger partial charge is 0.226 e. The van der Waals surface area contributed by atoms with Gasteiger partial charge in [0.05, 0.1) is 25.9 Å². The van der Waals surface area contributed by atoms with E-state index in [1.807, 2.05) is 0 Å². The molecule has 1 amide bonds. The number of likely N-dealkylation sites (tertiary alicyclic amines) is 1. The molecule has 0 saturated carbocycles. The van der Waals surface area contributed by atoms with Gasteiger partial charge in [0.2, 0.25) is 5.91 Å². The summed E-state index contributed by atoms with van der Waals surface area (Å²) in [5, 5.41) is 0. The maximum Gasteiger partial charge on any atom is 0.226 e. The molecule has 3 aliphatic rings. The number of rotatable bonds is 4. The van der Waals surface area contributed by atoms with E-state index in [2.05, 4.69) is 34.1 Å². The first-order chi connectivity index (χ1) is 12.8. The van der Waals surface area contributed by atoms with Crippen LogP contribution in [0, 0.1) is 5.92 Å². The number of fused-ring (bicyclic) bond motifs is 1. The predicted octanol–water partition coefficient (Wildman–Crippen LogP) is 2.09. The molecule has 0 aromatic heterocycles. The van der Waals surface area contributed by atoms with E-state index in [0.29, 0.717) is 5.91 Å². The Morgan fingerprint density at radius 3 is 2.65 bits per heavy atom. The van der Waals surface area contributed by atoms with E-state index in [9.17, 15) is 4.79 Å². The van der Waals surface area contributed by atoms with Crippen LogP contribution in [0.2, 0.25) is 0 Å². The largest absolute Gasteiger partial charge is 0.376 e. The van der Waals surface area contributed by atoms with Crippen LogP contribution in [0.1, 0.15) is 30.4 Å². The molecule has 5 heteroatoms. The fourth-order valence-corrected chi connectivity index (χ4v) is 4.38. The normalized spacial score (nSPS) is 25.1. The van der Waals surface area contributed by atoms with Crippen LogP contribution in [0.25, 0.3) is 0 Å². The zero-order valence-electron chi connectivity index (χ0n) is 15.6. The topological polar surface area (TPSA) is 42.0 Å². The van der Waals surface area contributed by atoms with Crippen LogP contribution in [-0.2, 0) is 27.2 Å².